The second kappa shape index (κ2) is 11.4. The zero-order valence-corrected chi connectivity index (χ0v) is 20.1. The molecule has 1 unspecified atom stereocenters. The predicted molar refractivity (Wildman–Crippen MR) is 127 cm³/mol. The lowest BCUT2D eigenvalue weighted by Gasteiger charge is -2.24. The van der Waals surface area contributed by atoms with E-state index in [1.54, 1.807) is 42.5 Å². The van der Waals surface area contributed by atoms with E-state index in [1.807, 2.05) is 0 Å². The van der Waals surface area contributed by atoms with Crippen molar-refractivity contribution in [2.75, 3.05) is 0 Å². The Balaban J connectivity index is 1.55. The van der Waals surface area contributed by atoms with Gasteiger partial charge in [-0.05, 0) is 42.7 Å². The Morgan fingerprint density at radius 2 is 1.74 bits per heavy atom. The summed E-state index contributed by atoms with van der Waals surface area (Å²) in [5.41, 5.74) is -0.210. The van der Waals surface area contributed by atoms with E-state index in [1.165, 1.54) is 0 Å². The maximum Gasteiger partial charge on any atom is 0.329 e. The second-order valence-electron chi connectivity index (χ2n) is 8.23. The minimum Gasteiger partial charge on any atom is -0.489 e. The van der Waals surface area contributed by atoms with Gasteiger partial charge in [0, 0.05) is 34.9 Å². The van der Waals surface area contributed by atoms with E-state index in [9.17, 15) is 29.4 Å². The topological polar surface area (TPSA) is 142 Å². The lowest BCUT2D eigenvalue weighted by atomic mass is 9.91. The monoisotopic (exact) mass is 522 g/mol. The molecule has 0 saturated carbocycles. The Kier molecular flexibility index (Phi) is 8.58. The minimum atomic E-state index is -1.50. The molecule has 1 fully saturated rings. The zero-order valence-electron chi connectivity index (χ0n) is 18.6. The molecule has 2 amide bonds. The highest BCUT2D eigenvalue weighted by Gasteiger charge is 2.44. The van der Waals surface area contributed by atoms with Gasteiger partial charge in [-0.2, -0.15) is 0 Å². The molecule has 2 aromatic rings. The van der Waals surface area contributed by atoms with Crippen molar-refractivity contribution in [3.8, 4) is 5.75 Å². The lowest BCUT2D eigenvalue weighted by molar-refractivity contribution is -0.146. The molecule has 1 saturated heterocycles. The lowest BCUT2D eigenvalue weighted by Crippen LogP contribution is -2.50. The number of amides is 2. The van der Waals surface area contributed by atoms with Gasteiger partial charge < -0.3 is 25.6 Å². The molecule has 3 rings (SSSR count). The van der Waals surface area contributed by atoms with Gasteiger partial charge in [0.1, 0.15) is 23.9 Å². The second-order valence-corrected chi connectivity index (χ2v) is 9.05. The summed E-state index contributed by atoms with van der Waals surface area (Å²) in [6.45, 7) is 0.157. The number of carbonyl (C=O) groups excluding carboxylic acids is 2. The van der Waals surface area contributed by atoms with Crippen LogP contribution in [0, 0.1) is 0 Å². The first-order valence-electron chi connectivity index (χ1n) is 10.8. The van der Waals surface area contributed by atoms with Crippen LogP contribution < -0.4 is 15.4 Å². The molecule has 4 N–H and O–H groups in total. The molecular weight excluding hydrogens is 499 g/mol. The molecule has 0 bridgehead atoms. The standard InChI is InChI=1S/C24H24Cl2N2O7/c25-17-2-1-3-18(26)16(17)13-35-15-6-4-14(5-7-15)12-19(22(31)32)27-20(29)8-10-24(23(33)34)11-9-21(30)28-24/h1-7,19H,8-13H2,(H,27,29)(H,28,30)(H,31,32)(H,33,34)/t19-,24?/m0/s1. The van der Waals surface area contributed by atoms with Gasteiger partial charge >= 0.3 is 11.9 Å². The molecule has 0 spiro atoms. The number of halogens is 2. The molecular formula is C24H24Cl2N2O7. The minimum absolute atomic E-state index is 0.0124. The van der Waals surface area contributed by atoms with Gasteiger partial charge in [0.15, 0.2) is 0 Å². The largest absolute Gasteiger partial charge is 0.489 e. The summed E-state index contributed by atoms with van der Waals surface area (Å²) in [5, 5.41) is 24.8. The molecule has 0 aliphatic carbocycles. The Labute approximate surface area is 211 Å². The summed E-state index contributed by atoms with van der Waals surface area (Å²) in [7, 11) is 0. The van der Waals surface area contributed by atoms with E-state index in [-0.39, 0.29) is 38.7 Å². The fourth-order valence-corrected chi connectivity index (χ4v) is 4.26. The highest BCUT2D eigenvalue weighted by Crippen LogP contribution is 2.27. The molecule has 1 aliphatic rings. The fraction of sp³-hybridized carbons (Fsp3) is 0.333. The van der Waals surface area contributed by atoms with Crippen LogP contribution in [0.2, 0.25) is 10.0 Å². The number of hydrogen-bond donors (Lipinski definition) is 4. The van der Waals surface area contributed by atoms with E-state index in [0.29, 0.717) is 26.9 Å². The summed E-state index contributed by atoms with van der Waals surface area (Å²) in [5.74, 6) is -2.92. The molecule has 2 aromatic carbocycles. The highest BCUT2D eigenvalue weighted by molar-refractivity contribution is 6.35. The average molecular weight is 523 g/mol. The molecule has 11 heteroatoms. The number of rotatable bonds is 11. The van der Waals surface area contributed by atoms with Gasteiger partial charge in [-0.1, -0.05) is 41.4 Å². The molecule has 2 atom stereocenters. The quantitative estimate of drug-likeness (QED) is 0.354. The third kappa shape index (κ3) is 6.86. The maximum absolute atomic E-state index is 12.4. The Morgan fingerprint density at radius 3 is 2.29 bits per heavy atom. The van der Waals surface area contributed by atoms with Gasteiger partial charge in [0.25, 0.3) is 0 Å². The first-order chi connectivity index (χ1) is 16.6. The van der Waals surface area contributed by atoms with Gasteiger partial charge in [-0.3, -0.25) is 9.59 Å². The number of benzene rings is 2. The molecule has 0 radical (unpaired) electrons. The smallest absolute Gasteiger partial charge is 0.329 e. The van der Waals surface area contributed by atoms with Gasteiger partial charge in [-0.25, -0.2) is 9.59 Å². The van der Waals surface area contributed by atoms with Crippen LogP contribution in [0.3, 0.4) is 0 Å². The van der Waals surface area contributed by atoms with Crippen molar-refractivity contribution in [3.05, 3.63) is 63.6 Å². The van der Waals surface area contributed by atoms with Crippen molar-refractivity contribution in [3.63, 3.8) is 0 Å². The van der Waals surface area contributed by atoms with Crippen LogP contribution in [0.1, 0.15) is 36.8 Å². The van der Waals surface area contributed by atoms with Gasteiger partial charge in [-0.15, -0.1) is 0 Å². The van der Waals surface area contributed by atoms with Crippen LogP contribution in [0.25, 0.3) is 0 Å². The van der Waals surface area contributed by atoms with Crippen LogP contribution in [0.5, 0.6) is 5.75 Å². The third-order valence-electron chi connectivity index (χ3n) is 5.79. The van der Waals surface area contributed by atoms with E-state index < -0.39 is 35.3 Å². The number of nitrogens with one attached hydrogen (secondary N) is 2. The highest BCUT2D eigenvalue weighted by atomic mass is 35.5. The Morgan fingerprint density at radius 1 is 1.09 bits per heavy atom. The predicted octanol–water partition coefficient (Wildman–Crippen LogP) is 3.20. The number of carboxylic acids is 2. The molecule has 0 aromatic heterocycles. The van der Waals surface area contributed by atoms with E-state index in [0.717, 1.165) is 0 Å². The van der Waals surface area contributed by atoms with Crippen molar-refractivity contribution in [2.45, 2.75) is 50.3 Å². The van der Waals surface area contributed by atoms with E-state index in [4.69, 9.17) is 27.9 Å². The van der Waals surface area contributed by atoms with Crippen molar-refractivity contribution >= 4 is 47.0 Å². The van der Waals surface area contributed by atoms with Crippen molar-refractivity contribution in [1.82, 2.24) is 10.6 Å². The number of ether oxygens (including phenoxy) is 1. The van der Waals surface area contributed by atoms with Crippen molar-refractivity contribution < 1.29 is 34.1 Å². The van der Waals surface area contributed by atoms with Crippen LogP contribution >= 0.6 is 23.2 Å². The first-order valence-corrected chi connectivity index (χ1v) is 11.6. The van der Waals surface area contributed by atoms with E-state index >= 15 is 0 Å². The summed E-state index contributed by atoms with van der Waals surface area (Å²) >= 11 is 12.3. The molecule has 9 nitrogen and oxygen atoms in total. The molecule has 1 heterocycles. The van der Waals surface area contributed by atoms with Crippen LogP contribution in [0.15, 0.2) is 42.5 Å². The molecule has 186 valence electrons. The Hall–Kier alpha value is -3.30. The summed E-state index contributed by atoms with van der Waals surface area (Å²) in [6.07, 6.45) is -0.218. The van der Waals surface area contributed by atoms with E-state index in [2.05, 4.69) is 10.6 Å². The number of hydrogen-bond acceptors (Lipinski definition) is 5. The summed E-state index contributed by atoms with van der Waals surface area (Å²) in [6, 6.07) is 10.6. The van der Waals surface area contributed by atoms with Crippen LogP contribution in [-0.4, -0.2) is 45.5 Å². The summed E-state index contributed by atoms with van der Waals surface area (Å²) < 4.78 is 5.71. The van der Waals surface area contributed by atoms with Crippen molar-refractivity contribution in [1.29, 1.82) is 0 Å². The zero-order chi connectivity index (χ0) is 25.6. The summed E-state index contributed by atoms with van der Waals surface area (Å²) in [4.78, 5) is 47.1. The number of carboxylic acid groups (broad SMARTS) is 2. The number of aliphatic carboxylic acids is 2. The normalized spacial score (nSPS) is 17.9. The molecule has 1 aliphatic heterocycles. The Bertz CT molecular complexity index is 1100. The SMILES string of the molecule is O=C(CCC1(C(=O)O)CCC(=O)N1)N[C@@H](Cc1ccc(OCc2c(Cl)cccc2Cl)cc1)C(=O)O. The first kappa shape index (κ1) is 26.3. The molecule has 35 heavy (non-hydrogen) atoms. The maximum atomic E-state index is 12.4. The van der Waals surface area contributed by atoms with Gasteiger partial charge in [0.2, 0.25) is 11.8 Å². The van der Waals surface area contributed by atoms with Crippen LogP contribution in [-0.2, 0) is 32.2 Å². The average Bonchev–Trinajstić information content (AvgIpc) is 3.20. The van der Waals surface area contributed by atoms with Crippen LogP contribution in [0.4, 0.5) is 0 Å². The van der Waals surface area contributed by atoms with Gasteiger partial charge in [0.05, 0.1) is 0 Å². The fourth-order valence-electron chi connectivity index (χ4n) is 3.75. The third-order valence-corrected chi connectivity index (χ3v) is 6.50. The van der Waals surface area contributed by atoms with Crippen molar-refractivity contribution in [2.24, 2.45) is 0 Å². The number of carbonyl (C=O) groups is 4.